The standard InChI is InChI=1S/C11H16.C10H14O.C10H14.C9H11Cl/c1-8(2)11-6-9(3)5-10(4)7-11;1-8(2)9-6-4-5-7-10(9)11-3;1-8(2)10-6-4-5-9(3)7-10;1-7(2)8-4-3-5-9(10)6-8/h5-8H,1-4H3;4-8H,1-3H3;4-8H,1-3H3;3-7H,1-2H3. The van der Waals surface area contributed by atoms with Crippen LogP contribution in [0.1, 0.15) is 118 Å². The van der Waals surface area contributed by atoms with Crippen LogP contribution >= 0.6 is 11.6 Å². The Kier molecular flexibility index (Phi) is 16.9. The van der Waals surface area contributed by atoms with E-state index in [1.54, 1.807) is 7.11 Å². The molecule has 2 heteroatoms. The maximum absolute atomic E-state index is 5.79. The molecule has 0 unspecified atom stereocenters. The number of hydrogen-bond donors (Lipinski definition) is 0. The summed E-state index contributed by atoms with van der Waals surface area (Å²) in [5, 5.41) is 0.825. The van der Waals surface area contributed by atoms with Crippen LogP contribution in [0.5, 0.6) is 5.75 Å². The molecule has 0 N–H and O–H groups in total. The second kappa shape index (κ2) is 19.2. The summed E-state index contributed by atoms with van der Waals surface area (Å²) >= 11 is 5.79. The monoisotopic (exact) mass is 586 g/mol. The number of halogens is 1. The van der Waals surface area contributed by atoms with Gasteiger partial charge in [0, 0.05) is 5.02 Å². The zero-order valence-electron chi connectivity index (χ0n) is 28.3. The van der Waals surface area contributed by atoms with Crippen LogP contribution in [0.15, 0.2) is 91.0 Å². The molecule has 0 aromatic heterocycles. The molecule has 0 saturated carbocycles. The number of aryl methyl sites for hydroxylation is 3. The second-order valence-corrected chi connectivity index (χ2v) is 12.7. The Balaban J connectivity index is 0.000000280. The minimum atomic E-state index is 0.533. The van der Waals surface area contributed by atoms with Crippen molar-refractivity contribution in [2.24, 2.45) is 0 Å². The van der Waals surface area contributed by atoms with Gasteiger partial charge in [-0.25, -0.2) is 0 Å². The average molecular weight is 587 g/mol. The number of ether oxygens (including phenoxy) is 1. The van der Waals surface area contributed by atoms with Gasteiger partial charge in [0.1, 0.15) is 5.75 Å². The molecule has 228 valence electrons. The molecule has 0 heterocycles. The van der Waals surface area contributed by atoms with Crippen molar-refractivity contribution in [2.75, 3.05) is 7.11 Å². The fraction of sp³-hybridized carbons (Fsp3) is 0.400. The van der Waals surface area contributed by atoms with E-state index in [-0.39, 0.29) is 0 Å². The van der Waals surface area contributed by atoms with Gasteiger partial charge in [-0.1, -0.05) is 156 Å². The fourth-order valence-corrected chi connectivity index (χ4v) is 4.58. The van der Waals surface area contributed by atoms with E-state index in [4.69, 9.17) is 16.3 Å². The highest BCUT2D eigenvalue weighted by Crippen LogP contribution is 2.25. The quantitative estimate of drug-likeness (QED) is 0.226. The van der Waals surface area contributed by atoms with E-state index in [1.165, 1.54) is 38.9 Å². The molecule has 42 heavy (non-hydrogen) atoms. The van der Waals surface area contributed by atoms with E-state index >= 15 is 0 Å². The maximum atomic E-state index is 5.79. The van der Waals surface area contributed by atoms with Gasteiger partial charge >= 0.3 is 0 Å². The SMILES string of the molecule is CC(C)c1cccc(Cl)c1.COc1ccccc1C(C)C.Cc1cc(C)cc(C(C)C)c1.Cc1cccc(C(C)C)c1. The molecule has 0 radical (unpaired) electrons. The highest BCUT2D eigenvalue weighted by atomic mass is 35.5. The van der Waals surface area contributed by atoms with Gasteiger partial charge in [-0.3, -0.25) is 0 Å². The zero-order valence-corrected chi connectivity index (χ0v) is 29.0. The summed E-state index contributed by atoms with van der Waals surface area (Å²) in [6.45, 7) is 24.0. The normalized spacial score (nSPS) is 10.4. The highest BCUT2D eigenvalue weighted by Gasteiger charge is 2.04. The first kappa shape index (κ1) is 37.0. The lowest BCUT2D eigenvalue weighted by molar-refractivity contribution is 0.407. The van der Waals surface area contributed by atoms with Crippen LogP contribution in [0.2, 0.25) is 5.02 Å². The van der Waals surface area contributed by atoms with Gasteiger partial charge in [-0.2, -0.15) is 0 Å². The van der Waals surface area contributed by atoms with E-state index in [1.807, 2.05) is 36.4 Å². The van der Waals surface area contributed by atoms with Crippen LogP contribution < -0.4 is 4.74 Å². The molecular weight excluding hydrogens is 532 g/mol. The van der Waals surface area contributed by atoms with Crippen molar-refractivity contribution in [3.63, 3.8) is 0 Å². The van der Waals surface area contributed by atoms with Gasteiger partial charge in [0.05, 0.1) is 7.11 Å². The minimum Gasteiger partial charge on any atom is -0.496 e. The number of hydrogen-bond acceptors (Lipinski definition) is 1. The predicted molar refractivity (Wildman–Crippen MR) is 188 cm³/mol. The lowest BCUT2D eigenvalue weighted by Crippen LogP contribution is -1.92. The molecule has 1 nitrogen and oxygen atoms in total. The molecule has 0 aliphatic carbocycles. The Labute approximate surface area is 263 Å². The molecular formula is C40H55ClO. The van der Waals surface area contributed by atoms with Crippen molar-refractivity contribution < 1.29 is 4.74 Å². The largest absolute Gasteiger partial charge is 0.496 e. The first-order chi connectivity index (χ1) is 19.7. The Bertz CT molecular complexity index is 1250. The topological polar surface area (TPSA) is 9.23 Å². The molecule has 0 saturated heterocycles. The molecule has 0 amide bonds. The summed E-state index contributed by atoms with van der Waals surface area (Å²) in [5.41, 5.74) is 9.54. The van der Waals surface area contributed by atoms with Crippen LogP contribution in [0.4, 0.5) is 0 Å². The molecule has 0 aliphatic rings. The van der Waals surface area contributed by atoms with E-state index in [9.17, 15) is 0 Å². The molecule has 4 aromatic carbocycles. The van der Waals surface area contributed by atoms with Gasteiger partial charge in [-0.05, 0) is 84.9 Å². The maximum Gasteiger partial charge on any atom is 0.122 e. The average Bonchev–Trinajstić information content (AvgIpc) is 2.93. The van der Waals surface area contributed by atoms with Crippen molar-refractivity contribution in [1.29, 1.82) is 0 Å². The smallest absolute Gasteiger partial charge is 0.122 e. The number of rotatable bonds is 5. The summed E-state index contributed by atoms with van der Waals surface area (Å²) in [6, 6.07) is 31.5. The van der Waals surface area contributed by atoms with Crippen molar-refractivity contribution in [3.05, 3.63) is 135 Å². The Hall–Kier alpha value is -3.03. The molecule has 4 rings (SSSR count). The molecule has 0 fully saturated rings. The van der Waals surface area contributed by atoms with Crippen molar-refractivity contribution in [1.82, 2.24) is 0 Å². The number of methoxy groups -OCH3 is 1. The van der Waals surface area contributed by atoms with Gasteiger partial charge in [0.2, 0.25) is 0 Å². The minimum absolute atomic E-state index is 0.533. The third-order valence-corrected chi connectivity index (χ3v) is 7.13. The van der Waals surface area contributed by atoms with Crippen LogP contribution in [-0.2, 0) is 0 Å². The first-order valence-electron chi connectivity index (χ1n) is 15.3. The predicted octanol–water partition coefficient (Wildman–Crippen LogP) is 12.8. The Morgan fingerprint density at radius 2 is 0.952 bits per heavy atom. The Morgan fingerprint density at radius 3 is 1.33 bits per heavy atom. The third kappa shape index (κ3) is 14.2. The van der Waals surface area contributed by atoms with Gasteiger partial charge < -0.3 is 4.74 Å². The van der Waals surface area contributed by atoms with Gasteiger partial charge in [0.25, 0.3) is 0 Å². The Morgan fingerprint density at radius 1 is 0.476 bits per heavy atom. The highest BCUT2D eigenvalue weighted by molar-refractivity contribution is 6.30. The summed E-state index contributed by atoms with van der Waals surface area (Å²) in [7, 11) is 1.71. The second-order valence-electron chi connectivity index (χ2n) is 12.3. The molecule has 0 spiro atoms. The van der Waals surface area contributed by atoms with Gasteiger partial charge in [0.15, 0.2) is 0 Å². The van der Waals surface area contributed by atoms with Crippen molar-refractivity contribution in [2.45, 2.75) is 99.8 Å². The van der Waals surface area contributed by atoms with E-state index in [0.29, 0.717) is 23.7 Å². The van der Waals surface area contributed by atoms with Crippen LogP contribution in [0, 0.1) is 20.8 Å². The molecule has 0 atom stereocenters. The summed E-state index contributed by atoms with van der Waals surface area (Å²) in [5.74, 6) is 3.39. The lowest BCUT2D eigenvalue weighted by atomic mass is 9.99. The molecule has 0 bridgehead atoms. The molecule has 4 aromatic rings. The number of benzene rings is 4. The van der Waals surface area contributed by atoms with Crippen molar-refractivity contribution in [3.8, 4) is 5.75 Å². The molecule has 0 aliphatic heterocycles. The van der Waals surface area contributed by atoms with Crippen molar-refractivity contribution >= 4 is 11.6 Å². The summed E-state index contributed by atoms with van der Waals surface area (Å²) in [4.78, 5) is 0. The lowest BCUT2D eigenvalue weighted by Gasteiger charge is -2.10. The van der Waals surface area contributed by atoms with E-state index in [0.717, 1.165) is 10.8 Å². The van der Waals surface area contributed by atoms with Crippen LogP contribution in [0.25, 0.3) is 0 Å². The van der Waals surface area contributed by atoms with E-state index < -0.39 is 0 Å². The zero-order chi connectivity index (χ0) is 31.8. The third-order valence-electron chi connectivity index (χ3n) is 6.90. The fourth-order valence-electron chi connectivity index (χ4n) is 4.38. The van der Waals surface area contributed by atoms with E-state index in [2.05, 4.69) is 131 Å². The van der Waals surface area contributed by atoms with Crippen LogP contribution in [0.3, 0.4) is 0 Å². The van der Waals surface area contributed by atoms with Crippen LogP contribution in [-0.4, -0.2) is 7.11 Å². The summed E-state index contributed by atoms with van der Waals surface area (Å²) < 4.78 is 5.21. The first-order valence-corrected chi connectivity index (χ1v) is 15.7. The summed E-state index contributed by atoms with van der Waals surface area (Å²) in [6.07, 6.45) is 0. The van der Waals surface area contributed by atoms with Gasteiger partial charge in [-0.15, -0.1) is 0 Å². The number of para-hydroxylation sites is 1.